The maximum absolute atomic E-state index is 12.3. The van der Waals surface area contributed by atoms with E-state index in [4.69, 9.17) is 5.73 Å². The van der Waals surface area contributed by atoms with Crippen LogP contribution >= 0.6 is 11.8 Å². The van der Waals surface area contributed by atoms with E-state index in [9.17, 15) is 4.79 Å². The number of hydrogen-bond donors (Lipinski definition) is 1. The highest BCUT2D eigenvalue weighted by atomic mass is 32.2. The molecule has 0 aliphatic carbocycles. The lowest BCUT2D eigenvalue weighted by molar-refractivity contribution is 0.0753. The van der Waals surface area contributed by atoms with E-state index in [1.54, 1.807) is 24.3 Å². The van der Waals surface area contributed by atoms with Crippen LogP contribution in [0, 0.1) is 0 Å². The summed E-state index contributed by atoms with van der Waals surface area (Å²) in [5.41, 5.74) is 7.04. The molecule has 0 spiro atoms. The van der Waals surface area contributed by atoms with Crippen LogP contribution in [-0.4, -0.2) is 34.4 Å². The average molecular weight is 250 g/mol. The lowest BCUT2D eigenvalue weighted by atomic mass is 10.1. The molecule has 0 saturated carbocycles. The van der Waals surface area contributed by atoms with Crippen LogP contribution in [0.5, 0.6) is 0 Å². The van der Waals surface area contributed by atoms with Gasteiger partial charge in [0.25, 0.3) is 5.91 Å². The molecule has 2 rings (SSSR count). The van der Waals surface area contributed by atoms with Crippen molar-refractivity contribution in [2.45, 2.75) is 24.3 Å². The number of carbonyl (C=O) groups is 1. The minimum absolute atomic E-state index is 0.115. The van der Waals surface area contributed by atoms with Crippen LogP contribution in [0.1, 0.15) is 24.2 Å². The van der Waals surface area contributed by atoms with Crippen LogP contribution in [0.3, 0.4) is 0 Å². The highest BCUT2D eigenvalue weighted by molar-refractivity contribution is 8.00. The lowest BCUT2D eigenvalue weighted by Gasteiger charge is -2.34. The van der Waals surface area contributed by atoms with Crippen molar-refractivity contribution < 1.29 is 4.79 Å². The summed E-state index contributed by atoms with van der Waals surface area (Å²) >= 11 is 1.95. The molecular formula is C13H18N2OS. The van der Waals surface area contributed by atoms with Crippen molar-refractivity contribution in [3.8, 4) is 0 Å². The van der Waals surface area contributed by atoms with Crippen molar-refractivity contribution in [3.63, 3.8) is 0 Å². The van der Waals surface area contributed by atoms with E-state index < -0.39 is 0 Å². The van der Waals surface area contributed by atoms with Gasteiger partial charge in [-0.1, -0.05) is 13.8 Å². The van der Waals surface area contributed by atoms with E-state index >= 15 is 0 Å². The number of rotatable bonds is 1. The number of thioether (sulfide) groups is 1. The number of carbonyl (C=O) groups excluding carboxylic acids is 1. The normalized spacial score (nSPS) is 24.7. The number of nitrogens with two attached hydrogens (primary N) is 1. The van der Waals surface area contributed by atoms with Gasteiger partial charge in [0.05, 0.1) is 0 Å². The third-order valence-corrected chi connectivity index (χ3v) is 4.09. The number of nitrogens with zero attached hydrogens (tertiary/aromatic N) is 1. The van der Waals surface area contributed by atoms with E-state index in [-0.39, 0.29) is 5.91 Å². The SMILES string of the molecule is CC1CN(C(=O)c2ccc(N)cc2)CC(C)S1. The van der Waals surface area contributed by atoms with Gasteiger partial charge in [0.15, 0.2) is 0 Å². The van der Waals surface area contributed by atoms with E-state index in [0.29, 0.717) is 16.2 Å². The van der Waals surface area contributed by atoms with Crippen LogP contribution in [0.2, 0.25) is 0 Å². The largest absolute Gasteiger partial charge is 0.399 e. The summed E-state index contributed by atoms with van der Waals surface area (Å²) in [4.78, 5) is 14.2. The van der Waals surface area contributed by atoms with Crippen LogP contribution in [-0.2, 0) is 0 Å². The van der Waals surface area contributed by atoms with Gasteiger partial charge in [-0.15, -0.1) is 0 Å². The van der Waals surface area contributed by atoms with Gasteiger partial charge in [0, 0.05) is 34.8 Å². The van der Waals surface area contributed by atoms with Gasteiger partial charge in [-0.05, 0) is 24.3 Å². The molecule has 2 atom stereocenters. The number of anilines is 1. The van der Waals surface area contributed by atoms with Gasteiger partial charge in [-0.2, -0.15) is 11.8 Å². The summed E-state index contributed by atoms with van der Waals surface area (Å²) in [6.45, 7) is 6.00. The standard InChI is InChI=1S/C13H18N2OS/c1-9-7-15(8-10(2)17-9)13(16)11-3-5-12(14)6-4-11/h3-6,9-10H,7-8,14H2,1-2H3. The second-order valence-corrected chi connectivity index (χ2v) is 6.47. The summed E-state index contributed by atoms with van der Waals surface area (Å²) in [6.07, 6.45) is 0. The molecule has 1 fully saturated rings. The first kappa shape index (κ1) is 12.3. The van der Waals surface area contributed by atoms with Gasteiger partial charge >= 0.3 is 0 Å². The Morgan fingerprint density at radius 1 is 1.24 bits per heavy atom. The molecule has 3 nitrogen and oxygen atoms in total. The molecule has 2 unspecified atom stereocenters. The molecule has 0 radical (unpaired) electrons. The summed E-state index contributed by atoms with van der Waals surface area (Å²) in [6, 6.07) is 7.15. The number of amides is 1. The second kappa shape index (κ2) is 5.00. The van der Waals surface area contributed by atoms with Crippen LogP contribution < -0.4 is 5.73 Å². The fourth-order valence-electron chi connectivity index (χ4n) is 2.15. The van der Waals surface area contributed by atoms with Crippen molar-refractivity contribution in [2.24, 2.45) is 0 Å². The Hall–Kier alpha value is -1.16. The first-order valence-electron chi connectivity index (χ1n) is 5.86. The highest BCUT2D eigenvalue weighted by Gasteiger charge is 2.26. The van der Waals surface area contributed by atoms with Crippen LogP contribution in [0.4, 0.5) is 5.69 Å². The van der Waals surface area contributed by atoms with E-state index in [1.807, 2.05) is 16.7 Å². The Morgan fingerprint density at radius 3 is 2.29 bits per heavy atom. The quantitative estimate of drug-likeness (QED) is 0.777. The Morgan fingerprint density at radius 2 is 1.76 bits per heavy atom. The fourth-order valence-corrected chi connectivity index (χ4v) is 3.48. The Bertz CT molecular complexity index is 394. The van der Waals surface area contributed by atoms with Crippen LogP contribution in [0.15, 0.2) is 24.3 Å². The predicted molar refractivity (Wildman–Crippen MR) is 73.3 cm³/mol. The molecule has 1 aromatic carbocycles. The molecule has 1 heterocycles. The van der Waals surface area contributed by atoms with E-state index in [1.165, 1.54) is 0 Å². The molecule has 0 bridgehead atoms. The lowest BCUT2D eigenvalue weighted by Crippen LogP contribution is -2.44. The number of benzene rings is 1. The Kier molecular flexibility index (Phi) is 3.62. The molecule has 92 valence electrons. The molecule has 4 heteroatoms. The van der Waals surface area contributed by atoms with Crippen molar-refractivity contribution in [1.82, 2.24) is 4.90 Å². The summed E-state index contributed by atoms with van der Waals surface area (Å²) in [5, 5.41) is 1.02. The van der Waals surface area contributed by atoms with Gasteiger partial charge in [0.1, 0.15) is 0 Å². The average Bonchev–Trinajstić information content (AvgIpc) is 2.28. The predicted octanol–water partition coefficient (Wildman–Crippen LogP) is 2.23. The second-order valence-electron chi connectivity index (χ2n) is 4.59. The smallest absolute Gasteiger partial charge is 0.253 e. The molecule has 0 aromatic heterocycles. The molecule has 1 aliphatic rings. The van der Waals surface area contributed by atoms with Gasteiger partial charge in [-0.3, -0.25) is 4.79 Å². The van der Waals surface area contributed by atoms with Gasteiger partial charge in [-0.25, -0.2) is 0 Å². The zero-order chi connectivity index (χ0) is 12.4. The molecule has 1 saturated heterocycles. The van der Waals surface area contributed by atoms with Crippen molar-refractivity contribution in [3.05, 3.63) is 29.8 Å². The molecule has 2 N–H and O–H groups in total. The number of nitrogen functional groups attached to an aromatic ring is 1. The number of hydrogen-bond acceptors (Lipinski definition) is 3. The maximum Gasteiger partial charge on any atom is 0.253 e. The van der Waals surface area contributed by atoms with Crippen molar-refractivity contribution in [2.75, 3.05) is 18.8 Å². The minimum Gasteiger partial charge on any atom is -0.399 e. The van der Waals surface area contributed by atoms with Gasteiger partial charge in [0.2, 0.25) is 0 Å². The fraction of sp³-hybridized carbons (Fsp3) is 0.462. The molecule has 1 amide bonds. The minimum atomic E-state index is 0.115. The summed E-state index contributed by atoms with van der Waals surface area (Å²) in [5.74, 6) is 0.115. The van der Waals surface area contributed by atoms with Gasteiger partial charge < -0.3 is 10.6 Å². The Balaban J connectivity index is 2.11. The zero-order valence-electron chi connectivity index (χ0n) is 10.2. The highest BCUT2D eigenvalue weighted by Crippen LogP contribution is 2.25. The monoisotopic (exact) mass is 250 g/mol. The zero-order valence-corrected chi connectivity index (χ0v) is 11.0. The van der Waals surface area contributed by atoms with Crippen molar-refractivity contribution >= 4 is 23.4 Å². The first-order chi connectivity index (χ1) is 8.06. The summed E-state index contributed by atoms with van der Waals surface area (Å²) in [7, 11) is 0. The summed E-state index contributed by atoms with van der Waals surface area (Å²) < 4.78 is 0. The molecule has 17 heavy (non-hydrogen) atoms. The maximum atomic E-state index is 12.3. The Labute approximate surface area is 106 Å². The third-order valence-electron chi connectivity index (χ3n) is 2.86. The van der Waals surface area contributed by atoms with E-state index in [2.05, 4.69) is 13.8 Å². The van der Waals surface area contributed by atoms with Crippen LogP contribution in [0.25, 0.3) is 0 Å². The third kappa shape index (κ3) is 2.94. The van der Waals surface area contributed by atoms with Crippen molar-refractivity contribution in [1.29, 1.82) is 0 Å². The van der Waals surface area contributed by atoms with E-state index in [0.717, 1.165) is 18.7 Å². The topological polar surface area (TPSA) is 46.3 Å². The molecule has 1 aromatic rings. The molecule has 1 aliphatic heterocycles. The molecular weight excluding hydrogens is 232 g/mol. The first-order valence-corrected chi connectivity index (χ1v) is 6.81.